The van der Waals surface area contributed by atoms with Crippen LogP contribution in [0.4, 0.5) is 8.78 Å². The first-order chi connectivity index (χ1) is 9.32. The Labute approximate surface area is 129 Å². The van der Waals surface area contributed by atoms with Crippen molar-refractivity contribution in [2.24, 2.45) is 5.41 Å². The lowest BCUT2D eigenvalue weighted by atomic mass is 9.83. The molecule has 1 aromatic rings. The molecule has 1 saturated heterocycles. The van der Waals surface area contributed by atoms with E-state index in [1.54, 1.807) is 0 Å². The van der Waals surface area contributed by atoms with Crippen molar-refractivity contribution in [1.82, 2.24) is 10.0 Å². The Hall–Kier alpha value is -0.760. The Morgan fingerprint density at radius 2 is 2.10 bits per heavy atom. The van der Waals surface area contributed by atoms with Gasteiger partial charge in [0.25, 0.3) is 0 Å². The zero-order valence-electron chi connectivity index (χ0n) is 11.7. The van der Waals surface area contributed by atoms with Crippen molar-refractivity contribution in [2.45, 2.75) is 24.7 Å². The first-order valence-corrected chi connectivity index (χ1v) is 7.96. The molecule has 1 atom stereocenters. The van der Waals surface area contributed by atoms with Crippen LogP contribution in [0.3, 0.4) is 0 Å². The van der Waals surface area contributed by atoms with Gasteiger partial charge in [0.15, 0.2) is 0 Å². The zero-order valence-corrected chi connectivity index (χ0v) is 13.3. The van der Waals surface area contributed by atoms with Crippen molar-refractivity contribution in [3.63, 3.8) is 0 Å². The van der Waals surface area contributed by atoms with Crippen LogP contribution in [-0.2, 0) is 10.0 Å². The Bertz CT molecular complexity index is 590. The minimum absolute atomic E-state index is 0. The molecule has 2 rings (SSSR count). The molecule has 8 heteroatoms. The molecule has 1 fully saturated rings. The maximum atomic E-state index is 13.5. The van der Waals surface area contributed by atoms with Crippen molar-refractivity contribution in [3.05, 3.63) is 29.8 Å². The lowest BCUT2D eigenvalue weighted by molar-refractivity contribution is 0.238. The van der Waals surface area contributed by atoms with Gasteiger partial charge >= 0.3 is 0 Å². The minimum atomic E-state index is -3.96. The molecule has 120 valence electrons. The molecule has 1 aromatic carbocycles. The lowest BCUT2D eigenvalue weighted by Gasteiger charge is -2.34. The summed E-state index contributed by atoms with van der Waals surface area (Å²) in [5.41, 5.74) is -0.193. The summed E-state index contributed by atoms with van der Waals surface area (Å²) in [6.07, 6.45) is 1.87. The second-order valence-corrected chi connectivity index (χ2v) is 7.23. The van der Waals surface area contributed by atoms with Gasteiger partial charge in [0.2, 0.25) is 10.0 Å². The van der Waals surface area contributed by atoms with Crippen LogP contribution in [0.15, 0.2) is 23.1 Å². The normalized spacial score (nSPS) is 22.6. The summed E-state index contributed by atoms with van der Waals surface area (Å²) in [6, 6.07) is 2.44. The molecule has 1 unspecified atom stereocenters. The molecule has 21 heavy (non-hydrogen) atoms. The van der Waals surface area contributed by atoms with E-state index in [0.29, 0.717) is 12.6 Å². The van der Waals surface area contributed by atoms with Gasteiger partial charge in [-0.15, -0.1) is 12.4 Å². The van der Waals surface area contributed by atoms with E-state index < -0.39 is 26.6 Å². The molecule has 0 spiro atoms. The van der Waals surface area contributed by atoms with Crippen LogP contribution in [0.2, 0.25) is 0 Å². The van der Waals surface area contributed by atoms with Crippen LogP contribution in [0.1, 0.15) is 19.8 Å². The Morgan fingerprint density at radius 1 is 1.38 bits per heavy atom. The summed E-state index contributed by atoms with van der Waals surface area (Å²) >= 11 is 0. The average molecular weight is 341 g/mol. The molecule has 4 nitrogen and oxygen atoms in total. The highest BCUT2D eigenvalue weighted by Crippen LogP contribution is 2.25. The zero-order chi connectivity index (χ0) is 14.8. The first kappa shape index (κ1) is 18.3. The molecule has 0 bridgehead atoms. The molecule has 1 heterocycles. The maximum Gasteiger partial charge on any atom is 0.243 e. The van der Waals surface area contributed by atoms with Crippen LogP contribution >= 0.6 is 12.4 Å². The maximum absolute atomic E-state index is 13.5. The molecule has 0 aromatic heterocycles. The van der Waals surface area contributed by atoms with Crippen molar-refractivity contribution in [3.8, 4) is 0 Å². The van der Waals surface area contributed by atoms with Crippen LogP contribution in [0, 0.1) is 17.0 Å². The van der Waals surface area contributed by atoms with Gasteiger partial charge in [0.1, 0.15) is 16.5 Å². The Morgan fingerprint density at radius 3 is 2.67 bits per heavy atom. The van der Waals surface area contributed by atoms with Gasteiger partial charge < -0.3 is 5.32 Å². The topological polar surface area (TPSA) is 58.2 Å². The Balaban J connectivity index is 0.00000220. The molecule has 0 amide bonds. The van der Waals surface area contributed by atoms with E-state index in [1.165, 1.54) is 0 Å². The number of hydrogen-bond acceptors (Lipinski definition) is 3. The standard InChI is InChI=1S/C13H18F2N2O2S.ClH/c1-13(5-2-6-16-8-13)9-17-20(18,19)12-4-3-10(14)7-11(12)15;/h3-4,7,16-17H,2,5-6,8-9H2,1H3;1H. The van der Waals surface area contributed by atoms with E-state index >= 15 is 0 Å². The molecule has 0 saturated carbocycles. The number of sulfonamides is 1. The van der Waals surface area contributed by atoms with Gasteiger partial charge in [-0.1, -0.05) is 6.92 Å². The Kier molecular flexibility index (Phi) is 6.10. The summed E-state index contributed by atoms with van der Waals surface area (Å²) in [7, 11) is -3.96. The number of nitrogens with one attached hydrogen (secondary N) is 2. The van der Waals surface area contributed by atoms with Gasteiger partial charge in [-0.2, -0.15) is 0 Å². The van der Waals surface area contributed by atoms with Crippen molar-refractivity contribution >= 4 is 22.4 Å². The second kappa shape index (κ2) is 7.00. The smallest absolute Gasteiger partial charge is 0.243 e. The second-order valence-electron chi connectivity index (χ2n) is 5.49. The van der Waals surface area contributed by atoms with Gasteiger partial charge in [0, 0.05) is 19.2 Å². The minimum Gasteiger partial charge on any atom is -0.316 e. The first-order valence-electron chi connectivity index (χ1n) is 6.48. The molecular formula is C13H19ClF2N2O2S. The summed E-state index contributed by atoms with van der Waals surface area (Å²) in [5.74, 6) is -1.88. The third kappa shape index (κ3) is 4.60. The van der Waals surface area contributed by atoms with E-state index in [0.717, 1.165) is 31.5 Å². The van der Waals surface area contributed by atoms with Crippen molar-refractivity contribution in [2.75, 3.05) is 19.6 Å². The quantitative estimate of drug-likeness (QED) is 0.882. The number of hydrogen-bond donors (Lipinski definition) is 2. The molecule has 2 N–H and O–H groups in total. The van der Waals surface area contributed by atoms with E-state index in [9.17, 15) is 17.2 Å². The highest BCUT2D eigenvalue weighted by Gasteiger charge is 2.29. The fourth-order valence-electron chi connectivity index (χ4n) is 2.31. The molecular weight excluding hydrogens is 322 g/mol. The van der Waals surface area contributed by atoms with E-state index in [4.69, 9.17) is 0 Å². The van der Waals surface area contributed by atoms with Crippen LogP contribution < -0.4 is 10.0 Å². The number of halogens is 3. The highest BCUT2D eigenvalue weighted by atomic mass is 35.5. The monoisotopic (exact) mass is 340 g/mol. The SMILES string of the molecule is CC1(CNS(=O)(=O)c2ccc(F)cc2F)CCCNC1.Cl. The predicted molar refractivity (Wildman–Crippen MR) is 79.0 cm³/mol. The summed E-state index contributed by atoms with van der Waals surface area (Å²) in [6.45, 7) is 3.83. The molecule has 0 radical (unpaired) electrons. The van der Waals surface area contributed by atoms with E-state index in [2.05, 4.69) is 10.0 Å². The van der Waals surface area contributed by atoms with Crippen LogP contribution in [-0.4, -0.2) is 28.1 Å². The summed E-state index contributed by atoms with van der Waals surface area (Å²) < 4.78 is 52.9. The third-order valence-electron chi connectivity index (χ3n) is 3.56. The fourth-order valence-corrected chi connectivity index (χ4v) is 3.57. The number of rotatable bonds is 4. The predicted octanol–water partition coefficient (Wildman–Crippen LogP) is 2.05. The molecule has 1 aliphatic heterocycles. The van der Waals surface area contributed by atoms with Gasteiger partial charge in [0.05, 0.1) is 0 Å². The number of benzene rings is 1. The largest absolute Gasteiger partial charge is 0.316 e. The van der Waals surface area contributed by atoms with Gasteiger partial charge in [-0.3, -0.25) is 0 Å². The third-order valence-corrected chi connectivity index (χ3v) is 4.99. The lowest BCUT2D eigenvalue weighted by Crippen LogP contribution is -2.45. The van der Waals surface area contributed by atoms with E-state index in [-0.39, 0.29) is 24.4 Å². The van der Waals surface area contributed by atoms with Crippen molar-refractivity contribution in [1.29, 1.82) is 0 Å². The number of piperidine rings is 1. The average Bonchev–Trinajstić information content (AvgIpc) is 2.37. The summed E-state index contributed by atoms with van der Waals surface area (Å²) in [4.78, 5) is -0.522. The van der Waals surface area contributed by atoms with Crippen LogP contribution in [0.5, 0.6) is 0 Å². The van der Waals surface area contributed by atoms with Crippen molar-refractivity contribution < 1.29 is 17.2 Å². The highest BCUT2D eigenvalue weighted by molar-refractivity contribution is 7.89. The fraction of sp³-hybridized carbons (Fsp3) is 0.538. The van der Waals surface area contributed by atoms with E-state index in [1.807, 2.05) is 6.92 Å². The van der Waals surface area contributed by atoms with Crippen LogP contribution in [0.25, 0.3) is 0 Å². The van der Waals surface area contributed by atoms with Gasteiger partial charge in [-0.05, 0) is 36.9 Å². The summed E-state index contributed by atoms with van der Waals surface area (Å²) in [5, 5.41) is 3.21. The van der Waals surface area contributed by atoms with Gasteiger partial charge in [-0.25, -0.2) is 21.9 Å². The molecule has 0 aliphatic carbocycles. The molecule has 1 aliphatic rings.